The second-order valence-corrected chi connectivity index (χ2v) is 3.35. The average Bonchev–Trinajstić information content (AvgIpc) is 2.28. The van der Waals surface area contributed by atoms with Gasteiger partial charge in [-0.2, -0.15) is 10.1 Å². The van der Waals surface area contributed by atoms with Gasteiger partial charge in [-0.15, -0.1) is 0 Å². The molecule has 1 aromatic carbocycles. The third-order valence-electron chi connectivity index (χ3n) is 2.28. The van der Waals surface area contributed by atoms with Crippen molar-refractivity contribution in [1.29, 1.82) is 0 Å². The Bertz CT molecular complexity index is 563. The van der Waals surface area contributed by atoms with Crippen LogP contribution in [0.15, 0.2) is 29.2 Å². The molecule has 5 nitrogen and oxygen atoms in total. The summed E-state index contributed by atoms with van der Waals surface area (Å²) in [6.07, 6.45) is 1.52. The number of ether oxygens (including phenoxy) is 1. The summed E-state index contributed by atoms with van der Waals surface area (Å²) in [6.45, 7) is 1.93. The SMILES string of the molecule is COc1ccc(-c2cn[nH]c(=O)n2)c(C)c1. The van der Waals surface area contributed by atoms with E-state index in [0.29, 0.717) is 5.69 Å². The predicted octanol–water partition coefficient (Wildman–Crippen LogP) is 1.15. The molecule has 0 spiro atoms. The van der Waals surface area contributed by atoms with Gasteiger partial charge in [-0.25, -0.2) is 9.89 Å². The summed E-state index contributed by atoms with van der Waals surface area (Å²) < 4.78 is 5.11. The highest BCUT2D eigenvalue weighted by Crippen LogP contribution is 2.23. The molecule has 5 heteroatoms. The minimum absolute atomic E-state index is 0.451. The highest BCUT2D eigenvalue weighted by atomic mass is 16.5. The van der Waals surface area contributed by atoms with Crippen LogP contribution in [0.1, 0.15) is 5.56 Å². The lowest BCUT2D eigenvalue weighted by Crippen LogP contribution is -2.12. The molecular formula is C11H11N3O2. The van der Waals surface area contributed by atoms with E-state index in [0.717, 1.165) is 16.9 Å². The zero-order valence-electron chi connectivity index (χ0n) is 9.02. The summed E-state index contributed by atoms with van der Waals surface area (Å²) in [5, 5.41) is 5.96. The van der Waals surface area contributed by atoms with E-state index >= 15 is 0 Å². The molecule has 1 aromatic heterocycles. The number of methoxy groups -OCH3 is 1. The molecule has 1 heterocycles. The Balaban J connectivity index is 2.52. The Labute approximate surface area is 92.1 Å². The Kier molecular flexibility index (Phi) is 2.68. The molecule has 0 unspecified atom stereocenters. The average molecular weight is 217 g/mol. The molecule has 82 valence electrons. The zero-order chi connectivity index (χ0) is 11.5. The molecule has 0 saturated heterocycles. The summed E-state index contributed by atoms with van der Waals surface area (Å²) in [7, 11) is 1.61. The predicted molar refractivity (Wildman–Crippen MR) is 59.4 cm³/mol. The lowest BCUT2D eigenvalue weighted by atomic mass is 10.1. The number of benzene rings is 1. The van der Waals surface area contributed by atoms with E-state index in [9.17, 15) is 4.79 Å². The number of aryl methyl sites for hydroxylation is 1. The van der Waals surface area contributed by atoms with Gasteiger partial charge in [0.05, 0.1) is 19.0 Å². The van der Waals surface area contributed by atoms with Crippen molar-refractivity contribution in [3.8, 4) is 17.0 Å². The van der Waals surface area contributed by atoms with Crippen LogP contribution in [0.3, 0.4) is 0 Å². The van der Waals surface area contributed by atoms with Crippen LogP contribution in [0.5, 0.6) is 5.75 Å². The fourth-order valence-electron chi connectivity index (χ4n) is 1.49. The molecule has 16 heavy (non-hydrogen) atoms. The first-order valence-corrected chi connectivity index (χ1v) is 4.77. The third-order valence-corrected chi connectivity index (χ3v) is 2.28. The van der Waals surface area contributed by atoms with Crippen LogP contribution in [0.25, 0.3) is 11.3 Å². The van der Waals surface area contributed by atoms with Gasteiger partial charge in [-0.1, -0.05) is 0 Å². The van der Waals surface area contributed by atoms with E-state index in [-0.39, 0.29) is 0 Å². The summed E-state index contributed by atoms with van der Waals surface area (Å²) in [6, 6.07) is 5.57. The molecule has 0 bridgehead atoms. The van der Waals surface area contributed by atoms with Crippen LogP contribution in [0.2, 0.25) is 0 Å². The summed E-state index contributed by atoms with van der Waals surface area (Å²) in [5.41, 5.74) is 1.97. The molecule has 1 N–H and O–H groups in total. The first-order valence-electron chi connectivity index (χ1n) is 4.77. The summed E-state index contributed by atoms with van der Waals surface area (Å²) in [5.74, 6) is 0.777. The monoisotopic (exact) mass is 217 g/mol. The van der Waals surface area contributed by atoms with Crippen molar-refractivity contribution in [3.05, 3.63) is 40.4 Å². The number of nitrogens with zero attached hydrogens (tertiary/aromatic N) is 2. The number of rotatable bonds is 2. The van der Waals surface area contributed by atoms with E-state index in [1.807, 2.05) is 25.1 Å². The van der Waals surface area contributed by atoms with Crippen LogP contribution in [0.4, 0.5) is 0 Å². The fourth-order valence-corrected chi connectivity index (χ4v) is 1.49. The van der Waals surface area contributed by atoms with Gasteiger partial charge in [0, 0.05) is 5.56 Å². The van der Waals surface area contributed by atoms with Crippen LogP contribution < -0.4 is 10.4 Å². The van der Waals surface area contributed by atoms with Gasteiger partial charge in [0.25, 0.3) is 0 Å². The first-order chi connectivity index (χ1) is 7.70. The number of nitrogens with one attached hydrogen (secondary N) is 1. The minimum atomic E-state index is -0.451. The number of aromatic nitrogens is 3. The van der Waals surface area contributed by atoms with Gasteiger partial charge in [0.2, 0.25) is 0 Å². The molecule has 0 atom stereocenters. The van der Waals surface area contributed by atoms with E-state index < -0.39 is 5.69 Å². The Hall–Kier alpha value is -2.17. The maximum Gasteiger partial charge on any atom is 0.361 e. The Morgan fingerprint density at radius 3 is 2.81 bits per heavy atom. The Morgan fingerprint density at radius 1 is 1.38 bits per heavy atom. The van der Waals surface area contributed by atoms with Crippen LogP contribution in [-0.4, -0.2) is 22.3 Å². The second kappa shape index (κ2) is 4.14. The summed E-state index contributed by atoms with van der Waals surface area (Å²) >= 11 is 0. The Morgan fingerprint density at radius 2 is 2.19 bits per heavy atom. The first kappa shape index (κ1) is 10.4. The van der Waals surface area contributed by atoms with Crippen molar-refractivity contribution in [2.45, 2.75) is 6.92 Å². The topological polar surface area (TPSA) is 67.9 Å². The lowest BCUT2D eigenvalue weighted by molar-refractivity contribution is 0.414. The maximum absolute atomic E-state index is 11.0. The lowest BCUT2D eigenvalue weighted by Gasteiger charge is -2.06. The molecule has 2 rings (SSSR count). The molecule has 0 aliphatic heterocycles. The van der Waals surface area contributed by atoms with Crippen LogP contribution in [-0.2, 0) is 0 Å². The molecule has 0 aliphatic rings. The molecule has 0 amide bonds. The van der Waals surface area contributed by atoms with E-state index in [1.165, 1.54) is 6.20 Å². The van der Waals surface area contributed by atoms with Gasteiger partial charge in [0.1, 0.15) is 5.75 Å². The normalized spacial score (nSPS) is 10.1. The minimum Gasteiger partial charge on any atom is -0.497 e. The van der Waals surface area contributed by atoms with Crippen molar-refractivity contribution < 1.29 is 4.74 Å². The number of aromatic amines is 1. The highest BCUT2D eigenvalue weighted by Gasteiger charge is 2.05. The molecule has 0 saturated carbocycles. The number of H-pyrrole nitrogens is 1. The van der Waals surface area contributed by atoms with Gasteiger partial charge in [0.15, 0.2) is 0 Å². The van der Waals surface area contributed by atoms with Crippen molar-refractivity contribution >= 4 is 0 Å². The van der Waals surface area contributed by atoms with Crippen LogP contribution in [0, 0.1) is 6.92 Å². The van der Waals surface area contributed by atoms with E-state index in [1.54, 1.807) is 7.11 Å². The third kappa shape index (κ3) is 1.93. The molecular weight excluding hydrogens is 206 g/mol. The number of hydrogen-bond acceptors (Lipinski definition) is 4. The smallest absolute Gasteiger partial charge is 0.361 e. The van der Waals surface area contributed by atoms with E-state index in [4.69, 9.17) is 4.74 Å². The fraction of sp³-hybridized carbons (Fsp3) is 0.182. The van der Waals surface area contributed by atoms with Crippen molar-refractivity contribution in [2.24, 2.45) is 0 Å². The van der Waals surface area contributed by atoms with Crippen molar-refractivity contribution in [2.75, 3.05) is 7.11 Å². The van der Waals surface area contributed by atoms with Gasteiger partial charge in [-0.05, 0) is 30.7 Å². The molecule has 0 aliphatic carbocycles. The second-order valence-electron chi connectivity index (χ2n) is 3.35. The van der Waals surface area contributed by atoms with Gasteiger partial charge >= 0.3 is 5.69 Å². The quantitative estimate of drug-likeness (QED) is 0.819. The molecule has 0 radical (unpaired) electrons. The molecule has 0 fully saturated rings. The largest absolute Gasteiger partial charge is 0.497 e. The van der Waals surface area contributed by atoms with E-state index in [2.05, 4.69) is 15.2 Å². The van der Waals surface area contributed by atoms with Gasteiger partial charge < -0.3 is 4.74 Å². The van der Waals surface area contributed by atoms with Gasteiger partial charge in [-0.3, -0.25) is 0 Å². The van der Waals surface area contributed by atoms with Crippen LogP contribution >= 0.6 is 0 Å². The van der Waals surface area contributed by atoms with Crippen molar-refractivity contribution in [3.63, 3.8) is 0 Å². The number of hydrogen-bond donors (Lipinski definition) is 1. The van der Waals surface area contributed by atoms with Crippen molar-refractivity contribution in [1.82, 2.24) is 15.2 Å². The maximum atomic E-state index is 11.0. The highest BCUT2D eigenvalue weighted by molar-refractivity contribution is 5.63. The zero-order valence-corrected chi connectivity index (χ0v) is 9.02. The summed E-state index contributed by atoms with van der Waals surface area (Å²) in [4.78, 5) is 14.9. The standard InChI is InChI=1S/C11H11N3O2/c1-7-5-8(16-2)3-4-9(7)10-6-12-14-11(15)13-10/h3-6H,1-2H3,(H,13,14,15). The molecule has 2 aromatic rings.